The van der Waals surface area contributed by atoms with Gasteiger partial charge in [-0.05, 0) is 54.4 Å². The summed E-state index contributed by atoms with van der Waals surface area (Å²) in [7, 11) is 0. The van der Waals surface area contributed by atoms with Gasteiger partial charge in [-0.3, -0.25) is 9.20 Å². The minimum atomic E-state index is -0.405. The molecule has 0 spiro atoms. The number of rotatable bonds is 3. The number of anilines is 1. The minimum absolute atomic E-state index is 0.256. The summed E-state index contributed by atoms with van der Waals surface area (Å²) in [6.07, 6.45) is 1.60. The molecule has 6 rings (SSSR count). The lowest BCUT2D eigenvalue weighted by molar-refractivity contribution is 0.563. The molecule has 0 amide bonds. The van der Waals surface area contributed by atoms with Crippen LogP contribution in [0.5, 0.6) is 0 Å². The second kappa shape index (κ2) is 8.22. The number of fused-ring (bicyclic) bond motifs is 4. The van der Waals surface area contributed by atoms with Crippen LogP contribution in [0.25, 0.3) is 45.0 Å². The van der Waals surface area contributed by atoms with Gasteiger partial charge in [0.05, 0.1) is 27.4 Å². The van der Waals surface area contributed by atoms with Crippen LogP contribution in [0, 0.1) is 18.3 Å². The topological polar surface area (TPSA) is 100 Å². The van der Waals surface area contributed by atoms with Gasteiger partial charge < -0.3 is 9.73 Å². The van der Waals surface area contributed by atoms with E-state index in [4.69, 9.17) is 4.42 Å². The third-order valence-electron chi connectivity index (χ3n) is 6.33. The number of hydrogen-bond acceptors (Lipinski definition) is 6. The molecule has 0 aliphatic heterocycles. The van der Waals surface area contributed by atoms with Crippen molar-refractivity contribution in [2.45, 2.75) is 6.92 Å². The molecule has 0 radical (unpaired) electrons. The molecular weight excluding hydrogens is 452 g/mol. The lowest BCUT2D eigenvalue weighted by Gasteiger charge is -2.06. The summed E-state index contributed by atoms with van der Waals surface area (Å²) < 4.78 is 6.93. The first-order valence-corrected chi connectivity index (χ1v) is 11.3. The Hall–Kier alpha value is -5.22. The highest BCUT2D eigenvalue weighted by molar-refractivity contribution is 5.83. The zero-order valence-electron chi connectivity index (χ0n) is 19.1. The van der Waals surface area contributed by atoms with Crippen molar-refractivity contribution in [2.75, 3.05) is 5.32 Å². The Balaban J connectivity index is 1.41. The molecule has 3 aromatic heterocycles. The summed E-state index contributed by atoms with van der Waals surface area (Å²) in [5, 5.41) is 14.2. The molecule has 3 heterocycles. The van der Waals surface area contributed by atoms with Crippen LogP contribution in [0.4, 0.5) is 5.69 Å². The SMILES string of the molecule is Cc1c(C#N)c2nc3ccccc3n2c(=O)/c1=C/Nc1ccc(-c2cc3ccccc3oc2=O)cc1. The van der Waals surface area contributed by atoms with Crippen LogP contribution in [0.15, 0.2) is 92.9 Å². The van der Waals surface area contributed by atoms with Gasteiger partial charge in [0.15, 0.2) is 5.65 Å². The van der Waals surface area contributed by atoms with Crippen molar-refractivity contribution < 1.29 is 4.42 Å². The standard InChI is InChI=1S/C29H18N4O3/c1-17-22(15-30)27-32-24-7-3-4-8-25(24)33(27)28(34)23(17)16-31-20-12-10-18(11-13-20)21-14-19-6-2-5-9-26(19)36-29(21)35/h2-14,16,31H,1H3/b23-16+. The van der Waals surface area contributed by atoms with E-state index >= 15 is 0 Å². The first kappa shape index (κ1) is 21.3. The molecule has 6 aromatic rings. The van der Waals surface area contributed by atoms with Crippen LogP contribution < -0.4 is 21.7 Å². The minimum Gasteiger partial charge on any atom is -0.422 e. The highest BCUT2D eigenvalue weighted by Gasteiger charge is 2.16. The summed E-state index contributed by atoms with van der Waals surface area (Å²) >= 11 is 0. The van der Waals surface area contributed by atoms with Crippen LogP contribution in [-0.2, 0) is 0 Å². The number of benzene rings is 3. The number of nitrogens with one attached hydrogen (secondary N) is 1. The van der Waals surface area contributed by atoms with Crippen LogP contribution in [0.2, 0.25) is 0 Å². The van der Waals surface area contributed by atoms with Crippen LogP contribution in [0.1, 0.15) is 11.1 Å². The molecule has 36 heavy (non-hydrogen) atoms. The molecule has 0 saturated heterocycles. The molecule has 0 unspecified atom stereocenters. The lowest BCUT2D eigenvalue weighted by atomic mass is 10.1. The first-order valence-electron chi connectivity index (χ1n) is 11.3. The van der Waals surface area contributed by atoms with Crippen molar-refractivity contribution >= 4 is 39.5 Å². The summed E-state index contributed by atoms with van der Waals surface area (Å²) in [6.45, 7) is 1.74. The highest BCUT2D eigenvalue weighted by Crippen LogP contribution is 2.23. The number of imidazole rings is 1. The van der Waals surface area contributed by atoms with Crippen molar-refractivity contribution in [3.63, 3.8) is 0 Å². The Bertz CT molecular complexity index is 2030. The summed E-state index contributed by atoms with van der Waals surface area (Å²) in [5.74, 6) is 0. The molecule has 7 heteroatoms. The van der Waals surface area contributed by atoms with E-state index in [1.54, 1.807) is 19.2 Å². The number of nitriles is 1. The largest absolute Gasteiger partial charge is 0.422 e. The van der Waals surface area contributed by atoms with Crippen molar-refractivity contribution in [3.8, 4) is 17.2 Å². The van der Waals surface area contributed by atoms with Gasteiger partial charge in [0.25, 0.3) is 5.56 Å². The van der Waals surface area contributed by atoms with Gasteiger partial charge in [-0.15, -0.1) is 0 Å². The van der Waals surface area contributed by atoms with Gasteiger partial charge in [-0.1, -0.05) is 42.5 Å². The van der Waals surface area contributed by atoms with Crippen molar-refractivity contribution in [1.29, 1.82) is 5.26 Å². The Morgan fingerprint density at radius 1 is 1.00 bits per heavy atom. The fourth-order valence-corrected chi connectivity index (χ4v) is 4.45. The van der Waals surface area contributed by atoms with Gasteiger partial charge in [-0.2, -0.15) is 5.26 Å². The van der Waals surface area contributed by atoms with Gasteiger partial charge in [0.1, 0.15) is 11.7 Å². The smallest absolute Gasteiger partial charge is 0.344 e. The van der Waals surface area contributed by atoms with E-state index in [9.17, 15) is 14.9 Å². The zero-order chi connectivity index (χ0) is 24.8. The van der Waals surface area contributed by atoms with Crippen molar-refractivity contribution in [3.05, 3.63) is 116 Å². The van der Waals surface area contributed by atoms with E-state index in [2.05, 4.69) is 16.4 Å². The van der Waals surface area contributed by atoms with Crippen molar-refractivity contribution in [2.24, 2.45) is 0 Å². The third kappa shape index (κ3) is 3.32. The van der Waals surface area contributed by atoms with Crippen LogP contribution >= 0.6 is 0 Å². The van der Waals surface area contributed by atoms with E-state index in [1.165, 1.54) is 4.40 Å². The van der Waals surface area contributed by atoms with Gasteiger partial charge in [0.2, 0.25) is 0 Å². The molecule has 0 saturated carbocycles. The Kier molecular flexibility index (Phi) is 4.87. The van der Waals surface area contributed by atoms with Crippen molar-refractivity contribution in [1.82, 2.24) is 9.38 Å². The summed E-state index contributed by atoms with van der Waals surface area (Å²) in [6, 6.07) is 26.0. The number of nitrogens with zero attached hydrogens (tertiary/aromatic N) is 3. The predicted molar refractivity (Wildman–Crippen MR) is 140 cm³/mol. The van der Waals surface area contributed by atoms with Gasteiger partial charge >= 0.3 is 5.63 Å². The fraction of sp³-hybridized carbons (Fsp3) is 0.0345. The van der Waals surface area contributed by atoms with Gasteiger partial charge in [0, 0.05) is 17.3 Å². The average Bonchev–Trinajstić information content (AvgIpc) is 3.28. The van der Waals surface area contributed by atoms with E-state index in [0.717, 1.165) is 16.6 Å². The highest BCUT2D eigenvalue weighted by atomic mass is 16.4. The average molecular weight is 470 g/mol. The third-order valence-corrected chi connectivity index (χ3v) is 6.33. The number of aromatic nitrogens is 2. The fourth-order valence-electron chi connectivity index (χ4n) is 4.45. The molecule has 0 aliphatic rings. The Labute approximate surface area is 204 Å². The lowest BCUT2D eigenvalue weighted by Crippen LogP contribution is -2.34. The number of pyridine rings is 1. The molecule has 3 aromatic carbocycles. The zero-order valence-corrected chi connectivity index (χ0v) is 19.1. The second-order valence-corrected chi connectivity index (χ2v) is 8.44. The van der Waals surface area contributed by atoms with Gasteiger partial charge in [-0.25, -0.2) is 9.78 Å². The monoisotopic (exact) mass is 470 g/mol. The van der Waals surface area contributed by atoms with E-state index in [0.29, 0.717) is 44.2 Å². The summed E-state index contributed by atoms with van der Waals surface area (Å²) in [5.41, 5.74) is 4.38. The van der Waals surface area contributed by atoms with E-state index in [1.807, 2.05) is 72.8 Å². The van der Waals surface area contributed by atoms with E-state index in [-0.39, 0.29) is 5.56 Å². The normalized spacial score (nSPS) is 11.8. The molecule has 7 nitrogen and oxygen atoms in total. The van der Waals surface area contributed by atoms with Crippen LogP contribution in [-0.4, -0.2) is 9.38 Å². The molecule has 0 aliphatic carbocycles. The molecule has 0 bridgehead atoms. The Morgan fingerprint density at radius 2 is 1.75 bits per heavy atom. The maximum absolute atomic E-state index is 13.4. The Morgan fingerprint density at radius 3 is 2.56 bits per heavy atom. The molecule has 1 N–H and O–H groups in total. The summed E-state index contributed by atoms with van der Waals surface area (Å²) in [4.78, 5) is 30.4. The molecule has 0 fully saturated rings. The second-order valence-electron chi connectivity index (χ2n) is 8.44. The maximum Gasteiger partial charge on any atom is 0.344 e. The molecule has 172 valence electrons. The van der Waals surface area contributed by atoms with Crippen LogP contribution in [0.3, 0.4) is 0 Å². The maximum atomic E-state index is 13.4. The molecule has 0 atom stereocenters. The predicted octanol–water partition coefficient (Wildman–Crippen LogP) is 4.37. The quantitative estimate of drug-likeness (QED) is 0.386. The molecular formula is C29H18N4O3. The number of para-hydroxylation sites is 3. The first-order chi connectivity index (χ1) is 17.5. The number of hydrogen-bond donors (Lipinski definition) is 1. The van der Waals surface area contributed by atoms with E-state index < -0.39 is 5.63 Å².